The Morgan fingerprint density at radius 3 is 2.71 bits per heavy atom. The number of nitrogens with one attached hydrogen (secondary N) is 2. The van der Waals surface area contributed by atoms with Gasteiger partial charge in [-0.3, -0.25) is 14.9 Å². The van der Waals surface area contributed by atoms with Gasteiger partial charge in [-0.2, -0.15) is 5.26 Å². The molecule has 0 radical (unpaired) electrons. The van der Waals surface area contributed by atoms with Crippen LogP contribution in [0, 0.1) is 23.3 Å². The van der Waals surface area contributed by atoms with Crippen molar-refractivity contribution >= 4 is 11.8 Å². The Labute approximate surface area is 82.5 Å². The topological polar surface area (TPSA) is 82.0 Å². The predicted molar refractivity (Wildman–Crippen MR) is 48.7 cm³/mol. The molecule has 0 aromatic carbocycles. The molecular formula is C9H13N3O2. The van der Waals surface area contributed by atoms with E-state index in [9.17, 15) is 9.59 Å². The van der Waals surface area contributed by atoms with Crippen LogP contribution in [0.4, 0.5) is 0 Å². The second-order valence-corrected chi connectivity index (χ2v) is 3.52. The molecule has 2 unspecified atom stereocenters. The normalized spacial score (nSPS) is 23.4. The lowest BCUT2D eigenvalue weighted by Crippen LogP contribution is -2.30. The van der Waals surface area contributed by atoms with Crippen molar-refractivity contribution in [2.75, 3.05) is 6.54 Å². The summed E-state index contributed by atoms with van der Waals surface area (Å²) >= 11 is 0. The van der Waals surface area contributed by atoms with Crippen molar-refractivity contribution in [1.82, 2.24) is 10.6 Å². The number of amides is 2. The maximum absolute atomic E-state index is 11.2. The highest BCUT2D eigenvalue weighted by Gasteiger charge is 2.38. The fourth-order valence-electron chi connectivity index (χ4n) is 1.24. The van der Waals surface area contributed by atoms with Gasteiger partial charge in [0.2, 0.25) is 11.8 Å². The van der Waals surface area contributed by atoms with Crippen LogP contribution in [-0.2, 0) is 9.59 Å². The van der Waals surface area contributed by atoms with Gasteiger partial charge in [0.1, 0.15) is 0 Å². The van der Waals surface area contributed by atoms with Crippen LogP contribution >= 0.6 is 0 Å². The molecular weight excluding hydrogens is 182 g/mol. The van der Waals surface area contributed by atoms with Crippen molar-refractivity contribution < 1.29 is 9.59 Å². The lowest BCUT2D eigenvalue weighted by molar-refractivity contribution is -0.123. The zero-order valence-electron chi connectivity index (χ0n) is 8.04. The maximum Gasteiger partial charge on any atom is 0.234 e. The summed E-state index contributed by atoms with van der Waals surface area (Å²) < 4.78 is 0. The van der Waals surface area contributed by atoms with E-state index >= 15 is 0 Å². The zero-order chi connectivity index (χ0) is 10.6. The minimum Gasteiger partial charge on any atom is -0.355 e. The molecule has 0 spiro atoms. The maximum atomic E-state index is 11.2. The lowest BCUT2D eigenvalue weighted by atomic mass is 10.3. The Kier molecular flexibility index (Phi) is 3.46. The van der Waals surface area contributed by atoms with Crippen LogP contribution in [0.25, 0.3) is 0 Å². The van der Waals surface area contributed by atoms with E-state index in [2.05, 4.69) is 5.32 Å². The highest BCUT2D eigenvalue weighted by atomic mass is 16.2. The van der Waals surface area contributed by atoms with Crippen LogP contribution in [0.15, 0.2) is 0 Å². The second-order valence-electron chi connectivity index (χ2n) is 3.52. The van der Waals surface area contributed by atoms with Gasteiger partial charge in [-0.15, -0.1) is 0 Å². The van der Waals surface area contributed by atoms with E-state index in [-0.39, 0.29) is 24.2 Å². The average Bonchev–Trinajstić information content (AvgIpc) is 2.83. The third kappa shape index (κ3) is 3.05. The van der Waals surface area contributed by atoms with Crippen LogP contribution in [0.1, 0.15) is 19.8 Å². The van der Waals surface area contributed by atoms with Crippen molar-refractivity contribution in [3.8, 4) is 6.19 Å². The molecule has 1 aliphatic rings. The van der Waals surface area contributed by atoms with Gasteiger partial charge >= 0.3 is 0 Å². The van der Waals surface area contributed by atoms with Crippen molar-refractivity contribution in [2.24, 2.45) is 11.8 Å². The summed E-state index contributed by atoms with van der Waals surface area (Å²) in [5.41, 5.74) is 0. The van der Waals surface area contributed by atoms with Gasteiger partial charge in [0.15, 0.2) is 6.19 Å². The fraction of sp³-hybridized carbons (Fsp3) is 0.667. The number of carbonyl (C=O) groups excluding carboxylic acids is 2. The van der Waals surface area contributed by atoms with Crippen molar-refractivity contribution in [2.45, 2.75) is 19.8 Å². The summed E-state index contributed by atoms with van der Waals surface area (Å²) in [5.74, 6) is 0.260. The SMILES string of the molecule is CC1CC1C(=O)NCCC(=O)NC#N. The van der Waals surface area contributed by atoms with Crippen LogP contribution in [-0.4, -0.2) is 18.4 Å². The Bertz CT molecular complexity index is 282. The Hall–Kier alpha value is -1.57. The molecule has 0 aromatic rings. The molecule has 1 saturated carbocycles. The quantitative estimate of drug-likeness (QED) is 0.479. The van der Waals surface area contributed by atoms with Crippen molar-refractivity contribution in [3.63, 3.8) is 0 Å². The summed E-state index contributed by atoms with van der Waals surface area (Å²) in [5, 5.41) is 12.8. The summed E-state index contributed by atoms with van der Waals surface area (Å²) in [4.78, 5) is 22.0. The summed E-state index contributed by atoms with van der Waals surface area (Å²) in [6.07, 6.45) is 2.63. The Morgan fingerprint density at radius 1 is 1.57 bits per heavy atom. The number of nitriles is 1. The third-order valence-corrected chi connectivity index (χ3v) is 2.29. The van der Waals surface area contributed by atoms with Gasteiger partial charge < -0.3 is 5.32 Å². The molecule has 2 N–H and O–H groups in total. The molecule has 1 aliphatic carbocycles. The molecule has 0 saturated heterocycles. The first-order chi connectivity index (χ1) is 6.65. The van der Waals surface area contributed by atoms with Gasteiger partial charge in [0.05, 0.1) is 0 Å². The van der Waals surface area contributed by atoms with Crippen molar-refractivity contribution in [1.29, 1.82) is 5.26 Å². The van der Waals surface area contributed by atoms with E-state index in [0.717, 1.165) is 6.42 Å². The molecule has 2 atom stereocenters. The minimum atomic E-state index is -0.364. The van der Waals surface area contributed by atoms with E-state index < -0.39 is 0 Å². The lowest BCUT2D eigenvalue weighted by Gasteiger charge is -2.02. The number of nitrogens with zero attached hydrogens (tertiary/aromatic N) is 1. The first-order valence-corrected chi connectivity index (χ1v) is 4.60. The molecule has 5 nitrogen and oxygen atoms in total. The summed E-state index contributed by atoms with van der Waals surface area (Å²) in [6, 6.07) is 0. The standard InChI is InChI=1S/C9H13N3O2/c1-6-4-7(6)9(14)11-3-2-8(13)12-5-10/h6-7H,2-4H2,1H3,(H,11,14)(H,12,13). The number of rotatable bonds is 4. The molecule has 5 heteroatoms. The first kappa shape index (κ1) is 10.5. The predicted octanol–water partition coefficient (Wildman–Crippen LogP) is -0.254. The van der Waals surface area contributed by atoms with Crippen LogP contribution < -0.4 is 10.6 Å². The highest BCUT2D eigenvalue weighted by Crippen LogP contribution is 2.37. The van der Waals surface area contributed by atoms with Gasteiger partial charge in [-0.25, -0.2) is 0 Å². The summed E-state index contributed by atoms with van der Waals surface area (Å²) in [7, 11) is 0. The molecule has 0 bridgehead atoms. The molecule has 1 fully saturated rings. The number of carbonyl (C=O) groups is 2. The summed E-state index contributed by atoms with van der Waals surface area (Å²) in [6.45, 7) is 2.32. The second kappa shape index (κ2) is 4.61. The number of hydrogen-bond donors (Lipinski definition) is 2. The molecule has 2 amide bonds. The fourth-order valence-corrected chi connectivity index (χ4v) is 1.24. The van der Waals surface area contributed by atoms with E-state index in [1.54, 1.807) is 0 Å². The Morgan fingerprint density at radius 2 is 2.21 bits per heavy atom. The van der Waals surface area contributed by atoms with Crippen LogP contribution in [0.2, 0.25) is 0 Å². The van der Waals surface area contributed by atoms with Gasteiger partial charge in [-0.05, 0) is 12.3 Å². The molecule has 0 aliphatic heterocycles. The van der Waals surface area contributed by atoms with Crippen LogP contribution in [0.3, 0.4) is 0 Å². The highest BCUT2D eigenvalue weighted by molar-refractivity contribution is 5.82. The molecule has 0 heterocycles. The monoisotopic (exact) mass is 195 g/mol. The van der Waals surface area contributed by atoms with Gasteiger partial charge in [0, 0.05) is 18.9 Å². The molecule has 0 aromatic heterocycles. The van der Waals surface area contributed by atoms with E-state index in [1.807, 2.05) is 12.2 Å². The van der Waals surface area contributed by atoms with E-state index in [1.165, 1.54) is 6.19 Å². The smallest absolute Gasteiger partial charge is 0.234 e. The minimum absolute atomic E-state index is 0.0160. The molecule has 1 rings (SSSR count). The molecule has 76 valence electrons. The van der Waals surface area contributed by atoms with Gasteiger partial charge in [0.25, 0.3) is 0 Å². The van der Waals surface area contributed by atoms with Crippen LogP contribution in [0.5, 0.6) is 0 Å². The van der Waals surface area contributed by atoms with E-state index in [0.29, 0.717) is 12.5 Å². The Balaban J connectivity index is 2.07. The number of hydrogen-bond acceptors (Lipinski definition) is 3. The first-order valence-electron chi connectivity index (χ1n) is 4.60. The van der Waals surface area contributed by atoms with E-state index in [4.69, 9.17) is 5.26 Å². The average molecular weight is 195 g/mol. The zero-order valence-corrected chi connectivity index (χ0v) is 8.04. The molecule has 14 heavy (non-hydrogen) atoms. The largest absolute Gasteiger partial charge is 0.355 e. The van der Waals surface area contributed by atoms with Gasteiger partial charge in [-0.1, -0.05) is 6.92 Å². The van der Waals surface area contributed by atoms with Crippen molar-refractivity contribution in [3.05, 3.63) is 0 Å². The third-order valence-electron chi connectivity index (χ3n) is 2.29.